The predicted octanol–water partition coefficient (Wildman–Crippen LogP) is -0.166. The fraction of sp³-hybridized carbons (Fsp3) is 0.611. The summed E-state index contributed by atoms with van der Waals surface area (Å²) in [5.74, 6) is -0.150. The average molecular weight is 460 g/mol. The van der Waals surface area contributed by atoms with E-state index in [1.54, 1.807) is 19.1 Å². The maximum atomic E-state index is 12.9. The van der Waals surface area contributed by atoms with Gasteiger partial charge in [-0.15, -0.1) is 0 Å². The van der Waals surface area contributed by atoms with E-state index in [0.717, 1.165) is 0 Å². The second-order valence-corrected chi connectivity index (χ2v) is 11.3. The van der Waals surface area contributed by atoms with Crippen molar-refractivity contribution in [2.24, 2.45) is 0 Å². The third-order valence-electron chi connectivity index (χ3n) is 5.41. The highest BCUT2D eigenvalue weighted by molar-refractivity contribution is 7.89. The van der Waals surface area contributed by atoms with Crippen LogP contribution in [0.5, 0.6) is 0 Å². The lowest BCUT2D eigenvalue weighted by molar-refractivity contribution is -0.115. The number of anilines is 1. The number of rotatable bonds is 6. The number of carbonyl (C=O) groups excluding carboxylic acids is 1. The minimum Gasteiger partial charge on any atom is -0.326 e. The molecule has 0 aromatic heterocycles. The van der Waals surface area contributed by atoms with Gasteiger partial charge in [-0.2, -0.15) is 21.3 Å². The van der Waals surface area contributed by atoms with E-state index in [2.05, 4.69) is 10.2 Å². The quantitative estimate of drug-likeness (QED) is 0.633. The molecule has 2 saturated heterocycles. The maximum absolute atomic E-state index is 12.9. The molecule has 12 heteroatoms. The van der Waals surface area contributed by atoms with Crippen molar-refractivity contribution in [3.05, 3.63) is 24.3 Å². The summed E-state index contributed by atoms with van der Waals surface area (Å²) in [7, 11) is -5.36. The molecule has 0 radical (unpaired) electrons. The number of piperazine rings is 2. The fourth-order valence-electron chi connectivity index (χ4n) is 3.43. The third-order valence-corrected chi connectivity index (χ3v) is 9.36. The van der Waals surface area contributed by atoms with Gasteiger partial charge in [0, 0.05) is 64.5 Å². The Morgan fingerprint density at radius 2 is 1.30 bits per heavy atom. The maximum Gasteiger partial charge on any atom is 0.282 e. The van der Waals surface area contributed by atoms with E-state index in [4.69, 9.17) is 0 Å². The molecule has 1 aromatic carbocycles. The van der Waals surface area contributed by atoms with Crippen LogP contribution in [0.2, 0.25) is 0 Å². The number of sulfonamides is 1. The lowest BCUT2D eigenvalue weighted by Crippen LogP contribution is -2.57. The summed E-state index contributed by atoms with van der Waals surface area (Å²) in [6.45, 7) is 4.43. The molecule has 2 heterocycles. The molecule has 2 aliphatic heterocycles. The zero-order valence-corrected chi connectivity index (χ0v) is 19.0. The van der Waals surface area contributed by atoms with Gasteiger partial charge in [-0.05, 0) is 31.3 Å². The number of nitrogens with one attached hydrogen (secondary N) is 1. The molecule has 168 valence electrons. The van der Waals surface area contributed by atoms with Crippen LogP contribution in [0.1, 0.15) is 13.3 Å². The minimum atomic E-state index is -3.74. The van der Waals surface area contributed by atoms with Gasteiger partial charge in [0.25, 0.3) is 10.2 Å². The fourth-order valence-corrected chi connectivity index (χ4v) is 6.43. The Hall–Kier alpha value is -1.57. The van der Waals surface area contributed by atoms with E-state index in [1.165, 1.54) is 25.0 Å². The van der Waals surface area contributed by atoms with Crippen molar-refractivity contribution in [3.8, 4) is 0 Å². The van der Waals surface area contributed by atoms with Gasteiger partial charge < -0.3 is 10.2 Å². The number of hydrogen-bond acceptors (Lipinski definition) is 6. The van der Waals surface area contributed by atoms with Crippen LogP contribution in [-0.2, 0) is 25.0 Å². The van der Waals surface area contributed by atoms with Gasteiger partial charge >= 0.3 is 0 Å². The van der Waals surface area contributed by atoms with E-state index in [-0.39, 0.29) is 37.0 Å². The van der Waals surface area contributed by atoms with Crippen LogP contribution in [0.25, 0.3) is 0 Å². The Labute approximate surface area is 178 Å². The topological polar surface area (TPSA) is 110 Å². The third kappa shape index (κ3) is 5.01. The number of amides is 1. The van der Waals surface area contributed by atoms with Gasteiger partial charge in [-0.1, -0.05) is 6.92 Å². The summed E-state index contributed by atoms with van der Waals surface area (Å²) >= 11 is 0. The zero-order valence-electron chi connectivity index (χ0n) is 17.3. The van der Waals surface area contributed by atoms with Gasteiger partial charge in [0.05, 0.1) is 4.90 Å². The highest BCUT2D eigenvalue weighted by atomic mass is 32.2. The predicted molar refractivity (Wildman–Crippen MR) is 114 cm³/mol. The van der Waals surface area contributed by atoms with Crippen molar-refractivity contribution in [3.63, 3.8) is 0 Å². The van der Waals surface area contributed by atoms with Crippen molar-refractivity contribution < 1.29 is 21.6 Å². The molecule has 1 amide bonds. The van der Waals surface area contributed by atoms with E-state index in [0.29, 0.717) is 38.3 Å². The van der Waals surface area contributed by atoms with Crippen LogP contribution >= 0.6 is 0 Å². The number of benzene rings is 1. The first kappa shape index (κ1) is 23.1. The van der Waals surface area contributed by atoms with E-state index in [1.807, 2.05) is 7.05 Å². The SMILES string of the molecule is CCC(=O)Nc1ccc(S(=O)(=O)N2CCN(S(=O)(=O)N3CCN(C)CC3)CC2)cc1. The molecule has 0 unspecified atom stereocenters. The molecule has 3 rings (SSSR count). The molecule has 0 aliphatic carbocycles. The Kier molecular flexibility index (Phi) is 7.15. The molecule has 2 fully saturated rings. The molecule has 0 bridgehead atoms. The van der Waals surface area contributed by atoms with Gasteiger partial charge in [0.1, 0.15) is 0 Å². The summed E-state index contributed by atoms with van der Waals surface area (Å²) in [6.07, 6.45) is 0.335. The van der Waals surface area contributed by atoms with Crippen LogP contribution in [0.15, 0.2) is 29.2 Å². The smallest absolute Gasteiger partial charge is 0.282 e. The Morgan fingerprint density at radius 1 is 0.833 bits per heavy atom. The van der Waals surface area contributed by atoms with Crippen LogP contribution < -0.4 is 5.32 Å². The first-order chi connectivity index (χ1) is 14.1. The normalized spacial score (nSPS) is 20.9. The first-order valence-electron chi connectivity index (χ1n) is 9.98. The van der Waals surface area contributed by atoms with Gasteiger partial charge in [-0.3, -0.25) is 4.79 Å². The Bertz CT molecular complexity index is 949. The Balaban J connectivity index is 1.63. The number of carbonyl (C=O) groups is 1. The average Bonchev–Trinajstić information content (AvgIpc) is 2.74. The highest BCUT2D eigenvalue weighted by Crippen LogP contribution is 2.22. The zero-order chi connectivity index (χ0) is 21.9. The lowest BCUT2D eigenvalue weighted by atomic mass is 10.3. The summed E-state index contributed by atoms with van der Waals surface area (Å²) in [5, 5.41) is 2.68. The van der Waals surface area contributed by atoms with Crippen molar-refractivity contribution >= 4 is 31.8 Å². The summed E-state index contributed by atoms with van der Waals surface area (Å²) in [4.78, 5) is 13.7. The second-order valence-electron chi connectivity index (χ2n) is 7.44. The molecule has 1 N–H and O–H groups in total. The van der Waals surface area contributed by atoms with Gasteiger partial charge in [0.15, 0.2) is 0 Å². The summed E-state index contributed by atoms with van der Waals surface area (Å²) in [6, 6.07) is 6.00. The first-order valence-corrected chi connectivity index (χ1v) is 12.8. The minimum absolute atomic E-state index is 0.101. The largest absolute Gasteiger partial charge is 0.326 e. The number of nitrogens with zero attached hydrogens (tertiary/aromatic N) is 4. The molecule has 1 aromatic rings. The summed E-state index contributed by atoms with van der Waals surface area (Å²) < 4.78 is 55.7. The molecular weight excluding hydrogens is 430 g/mol. The number of likely N-dealkylation sites (N-methyl/N-ethyl adjacent to an activating group) is 1. The molecule has 30 heavy (non-hydrogen) atoms. The van der Waals surface area contributed by atoms with Crippen molar-refractivity contribution in [2.45, 2.75) is 18.2 Å². The van der Waals surface area contributed by atoms with Gasteiger partial charge in [-0.25, -0.2) is 8.42 Å². The monoisotopic (exact) mass is 459 g/mol. The molecule has 2 aliphatic rings. The molecular formula is C18H29N5O5S2. The van der Waals surface area contributed by atoms with E-state index in [9.17, 15) is 21.6 Å². The van der Waals surface area contributed by atoms with Crippen LogP contribution in [0.4, 0.5) is 5.69 Å². The standard InChI is InChI=1S/C18H29N5O5S2/c1-3-18(24)19-16-4-6-17(7-5-16)29(25,26)21-12-14-23(15-13-21)30(27,28)22-10-8-20(2)9-11-22/h4-7H,3,8-15H2,1-2H3,(H,19,24). The van der Waals surface area contributed by atoms with E-state index < -0.39 is 20.2 Å². The van der Waals surface area contributed by atoms with Gasteiger partial charge in [0.2, 0.25) is 15.9 Å². The van der Waals surface area contributed by atoms with Crippen LogP contribution in [0.3, 0.4) is 0 Å². The molecule has 10 nitrogen and oxygen atoms in total. The van der Waals surface area contributed by atoms with E-state index >= 15 is 0 Å². The summed E-state index contributed by atoms with van der Waals surface area (Å²) in [5.41, 5.74) is 0.531. The Morgan fingerprint density at radius 3 is 1.80 bits per heavy atom. The molecule has 0 saturated carbocycles. The molecule has 0 atom stereocenters. The number of hydrogen-bond donors (Lipinski definition) is 1. The highest BCUT2D eigenvalue weighted by Gasteiger charge is 2.36. The van der Waals surface area contributed by atoms with Crippen molar-refractivity contribution in [1.29, 1.82) is 0 Å². The van der Waals surface area contributed by atoms with Crippen LogP contribution in [0, 0.1) is 0 Å². The lowest BCUT2D eigenvalue weighted by Gasteiger charge is -2.38. The molecule has 0 spiro atoms. The van der Waals surface area contributed by atoms with Crippen molar-refractivity contribution in [2.75, 3.05) is 64.7 Å². The second kappa shape index (κ2) is 9.28. The van der Waals surface area contributed by atoms with Crippen molar-refractivity contribution in [1.82, 2.24) is 17.8 Å². The van der Waals surface area contributed by atoms with Crippen LogP contribution in [-0.4, -0.2) is 100.0 Å².